The Hall–Kier alpha value is -2.40. The third-order valence-corrected chi connectivity index (χ3v) is 4.47. The first-order valence-corrected chi connectivity index (χ1v) is 8.71. The van der Waals surface area contributed by atoms with Crippen LogP contribution in [0.1, 0.15) is 36.6 Å². The molecule has 132 valence electrons. The molecule has 2 heterocycles. The van der Waals surface area contributed by atoms with Crippen LogP contribution in [0.5, 0.6) is 0 Å². The molecule has 1 aliphatic heterocycles. The number of carbonyl (C=O) groups excluding carboxylic acids is 1. The first-order chi connectivity index (χ1) is 12.2. The summed E-state index contributed by atoms with van der Waals surface area (Å²) in [4.78, 5) is 14.5. The minimum atomic E-state index is -0.288. The molecule has 3 rings (SSSR count). The van der Waals surface area contributed by atoms with Gasteiger partial charge >= 0.3 is 0 Å². The van der Waals surface area contributed by atoms with E-state index in [0.717, 1.165) is 24.4 Å². The van der Waals surface area contributed by atoms with Gasteiger partial charge < -0.3 is 9.73 Å². The molecular weight excluding hydrogens is 319 g/mol. The van der Waals surface area contributed by atoms with Crippen molar-refractivity contribution in [2.24, 2.45) is 0 Å². The van der Waals surface area contributed by atoms with E-state index in [9.17, 15) is 9.18 Å². The number of carbonyl (C=O) groups is 1. The van der Waals surface area contributed by atoms with Gasteiger partial charge in [-0.25, -0.2) is 4.39 Å². The van der Waals surface area contributed by atoms with E-state index in [1.54, 1.807) is 24.5 Å². The summed E-state index contributed by atoms with van der Waals surface area (Å²) in [5.74, 6) is 0.423. The molecule has 1 saturated heterocycles. The molecule has 1 aromatic heterocycles. The molecule has 0 radical (unpaired) electrons. The molecule has 5 heteroatoms. The average molecular weight is 342 g/mol. The average Bonchev–Trinajstić information content (AvgIpc) is 3.17. The van der Waals surface area contributed by atoms with Crippen LogP contribution in [-0.4, -0.2) is 30.4 Å². The van der Waals surface area contributed by atoms with Gasteiger partial charge in [-0.2, -0.15) is 0 Å². The first kappa shape index (κ1) is 17.4. The number of piperidine rings is 1. The number of hydrogen-bond acceptors (Lipinski definition) is 3. The van der Waals surface area contributed by atoms with Crippen molar-refractivity contribution < 1.29 is 13.6 Å². The van der Waals surface area contributed by atoms with Crippen LogP contribution in [0.4, 0.5) is 4.39 Å². The minimum absolute atomic E-state index is 0.0541. The molecule has 1 N–H and O–H groups in total. The number of benzene rings is 1. The summed E-state index contributed by atoms with van der Waals surface area (Å²) in [6.07, 6.45) is 8.43. The van der Waals surface area contributed by atoms with E-state index < -0.39 is 0 Å². The largest absolute Gasteiger partial charge is 0.468 e. The highest BCUT2D eigenvalue weighted by molar-refractivity contribution is 5.91. The standard InChI is InChI=1S/C20H23FN2O2/c21-17-9-6-16(7-10-17)8-11-20(24)22-15-18(19-5-4-14-25-19)23-12-2-1-3-13-23/h4-11,14,18H,1-3,12-13,15H2,(H,22,24)/b11-8+. The molecule has 25 heavy (non-hydrogen) atoms. The van der Waals surface area contributed by atoms with Gasteiger partial charge in [-0.1, -0.05) is 18.6 Å². The Morgan fingerprint density at radius 1 is 1.20 bits per heavy atom. The second-order valence-corrected chi connectivity index (χ2v) is 6.26. The zero-order valence-corrected chi connectivity index (χ0v) is 14.2. The van der Waals surface area contributed by atoms with Crippen LogP contribution in [-0.2, 0) is 4.79 Å². The fraction of sp³-hybridized carbons (Fsp3) is 0.350. The summed E-state index contributed by atoms with van der Waals surface area (Å²) in [5.41, 5.74) is 0.787. The van der Waals surface area contributed by atoms with E-state index >= 15 is 0 Å². The van der Waals surface area contributed by atoms with Gasteiger partial charge in [-0.3, -0.25) is 9.69 Å². The number of halogens is 1. The maximum atomic E-state index is 12.9. The van der Waals surface area contributed by atoms with Crippen molar-refractivity contribution in [3.8, 4) is 0 Å². The Balaban J connectivity index is 1.58. The number of rotatable bonds is 6. The Bertz CT molecular complexity index is 689. The van der Waals surface area contributed by atoms with Gasteiger partial charge in [0.1, 0.15) is 11.6 Å². The third kappa shape index (κ3) is 5.03. The van der Waals surface area contributed by atoms with Crippen molar-refractivity contribution in [2.75, 3.05) is 19.6 Å². The van der Waals surface area contributed by atoms with Gasteiger partial charge in [0.05, 0.1) is 12.3 Å². The van der Waals surface area contributed by atoms with Gasteiger partial charge in [0.25, 0.3) is 0 Å². The maximum absolute atomic E-state index is 12.9. The maximum Gasteiger partial charge on any atom is 0.244 e. The van der Waals surface area contributed by atoms with Crippen molar-refractivity contribution in [1.29, 1.82) is 0 Å². The van der Waals surface area contributed by atoms with E-state index in [2.05, 4.69) is 10.2 Å². The smallest absolute Gasteiger partial charge is 0.244 e. The molecule has 1 unspecified atom stereocenters. The number of furan rings is 1. The fourth-order valence-corrected chi connectivity index (χ4v) is 3.12. The quantitative estimate of drug-likeness (QED) is 0.813. The summed E-state index contributed by atoms with van der Waals surface area (Å²) in [6.45, 7) is 2.54. The van der Waals surface area contributed by atoms with Crippen LogP contribution < -0.4 is 5.32 Å². The van der Waals surface area contributed by atoms with Crippen molar-refractivity contribution in [3.05, 3.63) is 65.9 Å². The second kappa shape index (κ2) is 8.62. The lowest BCUT2D eigenvalue weighted by molar-refractivity contribution is -0.116. The summed E-state index contributed by atoms with van der Waals surface area (Å²) in [7, 11) is 0. The molecule has 0 bridgehead atoms. The molecule has 0 aliphatic carbocycles. The number of nitrogens with zero attached hydrogens (tertiary/aromatic N) is 1. The predicted octanol–water partition coefficient (Wildman–Crippen LogP) is 3.78. The van der Waals surface area contributed by atoms with Crippen molar-refractivity contribution in [2.45, 2.75) is 25.3 Å². The number of hydrogen-bond donors (Lipinski definition) is 1. The highest BCUT2D eigenvalue weighted by Crippen LogP contribution is 2.24. The van der Waals surface area contributed by atoms with Crippen molar-refractivity contribution >= 4 is 12.0 Å². The van der Waals surface area contributed by atoms with E-state index in [1.807, 2.05) is 12.1 Å². The Kier molecular flexibility index (Phi) is 6.01. The number of likely N-dealkylation sites (tertiary alicyclic amines) is 1. The SMILES string of the molecule is O=C(/C=C/c1ccc(F)cc1)NCC(c1ccco1)N1CCCCC1. The lowest BCUT2D eigenvalue weighted by Crippen LogP contribution is -2.40. The van der Waals surface area contributed by atoms with Crippen LogP contribution in [0.25, 0.3) is 6.08 Å². The summed E-state index contributed by atoms with van der Waals surface area (Å²) in [5, 5.41) is 2.95. The van der Waals surface area contributed by atoms with Gasteiger partial charge in [-0.05, 0) is 61.8 Å². The van der Waals surface area contributed by atoms with Crippen LogP contribution in [0.2, 0.25) is 0 Å². The molecule has 1 fully saturated rings. The van der Waals surface area contributed by atoms with Gasteiger partial charge in [-0.15, -0.1) is 0 Å². The molecule has 0 saturated carbocycles. The van der Waals surface area contributed by atoms with E-state index in [4.69, 9.17) is 4.42 Å². The zero-order chi connectivity index (χ0) is 17.5. The lowest BCUT2D eigenvalue weighted by atomic mass is 10.1. The fourth-order valence-electron chi connectivity index (χ4n) is 3.12. The van der Waals surface area contributed by atoms with Gasteiger partial charge in [0.15, 0.2) is 0 Å². The monoisotopic (exact) mass is 342 g/mol. The number of nitrogens with one attached hydrogen (secondary N) is 1. The number of amides is 1. The van der Waals surface area contributed by atoms with Gasteiger partial charge in [0, 0.05) is 12.6 Å². The lowest BCUT2D eigenvalue weighted by Gasteiger charge is -2.33. The van der Waals surface area contributed by atoms with E-state index in [0.29, 0.717) is 6.54 Å². The minimum Gasteiger partial charge on any atom is -0.468 e. The molecule has 1 atom stereocenters. The van der Waals surface area contributed by atoms with Gasteiger partial charge in [0.2, 0.25) is 5.91 Å². The Labute approximate surface area is 147 Å². The second-order valence-electron chi connectivity index (χ2n) is 6.26. The molecule has 4 nitrogen and oxygen atoms in total. The van der Waals surface area contributed by atoms with E-state index in [-0.39, 0.29) is 17.8 Å². The normalized spacial score (nSPS) is 16.8. The highest BCUT2D eigenvalue weighted by Gasteiger charge is 2.24. The Morgan fingerprint density at radius 3 is 2.64 bits per heavy atom. The zero-order valence-electron chi connectivity index (χ0n) is 14.2. The molecular formula is C20H23FN2O2. The first-order valence-electron chi connectivity index (χ1n) is 8.71. The highest BCUT2D eigenvalue weighted by atomic mass is 19.1. The third-order valence-electron chi connectivity index (χ3n) is 4.47. The van der Waals surface area contributed by atoms with E-state index in [1.165, 1.54) is 37.5 Å². The summed E-state index contributed by atoms with van der Waals surface area (Å²) >= 11 is 0. The van der Waals surface area contributed by atoms with Crippen LogP contribution in [0.15, 0.2) is 53.2 Å². The van der Waals surface area contributed by atoms with Crippen LogP contribution in [0, 0.1) is 5.82 Å². The van der Waals surface area contributed by atoms with Crippen molar-refractivity contribution in [3.63, 3.8) is 0 Å². The molecule has 0 spiro atoms. The topological polar surface area (TPSA) is 45.5 Å². The summed E-state index contributed by atoms with van der Waals surface area (Å²) in [6, 6.07) is 9.92. The van der Waals surface area contributed by atoms with Crippen molar-refractivity contribution in [1.82, 2.24) is 10.2 Å². The summed E-state index contributed by atoms with van der Waals surface area (Å²) < 4.78 is 18.5. The van der Waals surface area contributed by atoms with Crippen LogP contribution >= 0.6 is 0 Å². The Morgan fingerprint density at radius 2 is 1.96 bits per heavy atom. The molecule has 1 aliphatic rings. The molecule has 2 aromatic rings. The molecule has 1 amide bonds. The van der Waals surface area contributed by atoms with Crippen LogP contribution in [0.3, 0.4) is 0 Å². The predicted molar refractivity (Wildman–Crippen MR) is 95.3 cm³/mol. The molecule has 1 aromatic carbocycles.